The van der Waals surface area contributed by atoms with Gasteiger partial charge in [0.2, 0.25) is 0 Å². The Morgan fingerprint density at radius 1 is 0.561 bits per heavy atom. The van der Waals surface area contributed by atoms with E-state index in [2.05, 4.69) is 0 Å². The molecule has 2 aliphatic heterocycles. The highest BCUT2D eigenvalue weighted by Gasteiger charge is 2.36. The summed E-state index contributed by atoms with van der Waals surface area (Å²) in [4.78, 5) is 56.3. The van der Waals surface area contributed by atoms with Crippen molar-refractivity contribution in [2.45, 2.75) is 65.6 Å². The van der Waals surface area contributed by atoms with Gasteiger partial charge >= 0.3 is 29.8 Å². The molecule has 0 bridgehead atoms. The van der Waals surface area contributed by atoms with E-state index in [4.69, 9.17) is 37.9 Å². The number of fused-ring (bicyclic) bond motifs is 2. The van der Waals surface area contributed by atoms with E-state index in [0.29, 0.717) is 39.9 Å². The molecule has 2 heterocycles. The first kappa shape index (κ1) is 41.7. The van der Waals surface area contributed by atoms with Gasteiger partial charge in [-0.2, -0.15) is 0 Å². The number of carbonyl (C=O) groups is 5. The smallest absolute Gasteiger partial charge is 0.308 e. The summed E-state index contributed by atoms with van der Waals surface area (Å²) < 4.78 is 42.6. The Labute approximate surface area is 327 Å². The minimum atomic E-state index is -1.04. The second-order valence-corrected chi connectivity index (χ2v) is 13.1. The van der Waals surface area contributed by atoms with Gasteiger partial charge in [-0.15, -0.1) is 0 Å². The van der Waals surface area contributed by atoms with Crippen molar-refractivity contribution in [2.24, 2.45) is 0 Å². The molecule has 0 radical (unpaired) electrons. The first-order chi connectivity index (χ1) is 27.1. The molecule has 4 aromatic carbocycles. The maximum atomic E-state index is 11.5. The summed E-state index contributed by atoms with van der Waals surface area (Å²) in [7, 11) is 1.48. The van der Waals surface area contributed by atoms with E-state index in [1.54, 1.807) is 61.5 Å². The highest BCUT2D eigenvalue weighted by molar-refractivity contribution is 5.74. The average Bonchev–Trinajstić information content (AvgIpc) is 3.13. The number of carbonyl (C=O) groups excluding carboxylic acids is 5. The first-order valence-electron chi connectivity index (χ1n) is 17.7. The molecule has 4 atom stereocenters. The fraction of sp³-hybridized carbons (Fsp3) is 0.310. The lowest BCUT2D eigenvalue weighted by molar-refractivity contribution is -0.133. The molecule has 0 fully saturated rings. The first-order valence-corrected chi connectivity index (χ1v) is 17.7. The largest absolute Gasteiger partial charge is 0.493 e. The van der Waals surface area contributed by atoms with Gasteiger partial charge in [0.15, 0.2) is 11.5 Å². The summed E-state index contributed by atoms with van der Waals surface area (Å²) >= 11 is 0. The Morgan fingerprint density at radius 3 is 1.70 bits per heavy atom. The average molecular weight is 787 g/mol. The quantitative estimate of drug-likeness (QED) is 0.162. The number of aliphatic hydroxyl groups is 2. The van der Waals surface area contributed by atoms with Gasteiger partial charge in [-0.1, -0.05) is 18.2 Å². The van der Waals surface area contributed by atoms with Gasteiger partial charge in [0.05, 0.1) is 38.1 Å². The summed E-state index contributed by atoms with van der Waals surface area (Å²) in [5, 5.41) is 21.9. The third-order valence-electron chi connectivity index (χ3n) is 8.87. The molecule has 0 aliphatic carbocycles. The molecular weight excluding hydrogens is 744 g/mol. The summed E-state index contributed by atoms with van der Waals surface area (Å²) in [6, 6.07) is 18.0. The number of benzene rings is 4. The summed E-state index contributed by atoms with van der Waals surface area (Å²) in [6.07, 6.45) is -1.86. The number of aliphatic hydroxyl groups excluding tert-OH is 2. The molecule has 57 heavy (non-hydrogen) atoms. The Hall–Kier alpha value is -6.45. The monoisotopic (exact) mass is 786 g/mol. The number of rotatable bonds is 8. The van der Waals surface area contributed by atoms with Gasteiger partial charge in [-0.25, -0.2) is 0 Å². The highest BCUT2D eigenvalue weighted by Crippen LogP contribution is 2.48. The van der Waals surface area contributed by atoms with Crippen LogP contribution in [0.1, 0.15) is 86.5 Å². The van der Waals surface area contributed by atoms with E-state index in [0.717, 1.165) is 11.1 Å². The molecule has 0 saturated carbocycles. The lowest BCUT2D eigenvalue weighted by Crippen LogP contribution is -2.25. The highest BCUT2D eigenvalue weighted by atomic mass is 16.6. The van der Waals surface area contributed by atoms with Crippen molar-refractivity contribution in [1.82, 2.24) is 0 Å². The van der Waals surface area contributed by atoms with Crippen molar-refractivity contribution in [1.29, 1.82) is 0 Å². The van der Waals surface area contributed by atoms with Crippen molar-refractivity contribution in [3.63, 3.8) is 0 Å². The number of hydrogen-bond acceptors (Lipinski definition) is 15. The van der Waals surface area contributed by atoms with Crippen molar-refractivity contribution in [2.75, 3.05) is 20.3 Å². The van der Waals surface area contributed by atoms with Crippen LogP contribution in [0.15, 0.2) is 66.7 Å². The molecule has 4 aromatic rings. The molecule has 300 valence electrons. The number of methoxy groups -OCH3 is 1. The zero-order valence-corrected chi connectivity index (χ0v) is 32.3. The zero-order valence-electron chi connectivity index (χ0n) is 32.3. The van der Waals surface area contributed by atoms with Crippen LogP contribution in [0.25, 0.3) is 0 Å². The van der Waals surface area contributed by atoms with E-state index in [1.165, 1.54) is 53.9 Å². The lowest BCUT2D eigenvalue weighted by Gasteiger charge is -2.32. The minimum Gasteiger partial charge on any atom is -0.493 e. The summed E-state index contributed by atoms with van der Waals surface area (Å²) in [5.41, 5.74) is 3.10. The zero-order chi connectivity index (χ0) is 41.6. The van der Waals surface area contributed by atoms with Crippen molar-refractivity contribution in [3.8, 4) is 46.0 Å². The molecule has 15 heteroatoms. The van der Waals surface area contributed by atoms with Gasteiger partial charge < -0.3 is 48.1 Å². The minimum absolute atomic E-state index is 0.0555. The molecule has 0 saturated heterocycles. The topological polar surface area (TPSA) is 200 Å². The van der Waals surface area contributed by atoms with Crippen LogP contribution in [-0.2, 0) is 24.0 Å². The van der Waals surface area contributed by atoms with Crippen LogP contribution >= 0.6 is 0 Å². The van der Waals surface area contributed by atoms with Gasteiger partial charge in [0.25, 0.3) is 0 Å². The maximum Gasteiger partial charge on any atom is 0.308 e. The number of esters is 5. The molecule has 0 spiro atoms. The van der Waals surface area contributed by atoms with E-state index >= 15 is 0 Å². The van der Waals surface area contributed by atoms with Crippen LogP contribution in [0.3, 0.4) is 0 Å². The van der Waals surface area contributed by atoms with Crippen LogP contribution in [0.5, 0.6) is 46.0 Å². The normalized spacial score (nSPS) is 17.7. The Balaban J connectivity index is 0.000000218. The molecule has 2 aliphatic rings. The van der Waals surface area contributed by atoms with Crippen LogP contribution in [-0.4, -0.2) is 60.4 Å². The van der Waals surface area contributed by atoms with Crippen LogP contribution in [0.4, 0.5) is 0 Å². The summed E-state index contributed by atoms with van der Waals surface area (Å²) in [6.45, 7) is 8.58. The third-order valence-corrected chi connectivity index (χ3v) is 8.87. The fourth-order valence-corrected chi connectivity index (χ4v) is 6.45. The van der Waals surface area contributed by atoms with Gasteiger partial charge in [0.1, 0.15) is 34.5 Å². The third kappa shape index (κ3) is 10.1. The van der Waals surface area contributed by atoms with Gasteiger partial charge in [0, 0.05) is 69.7 Å². The van der Waals surface area contributed by atoms with E-state index in [-0.39, 0.29) is 41.9 Å². The molecular formula is C42H42O15. The predicted octanol–water partition coefficient (Wildman–Crippen LogP) is 5.74. The predicted molar refractivity (Wildman–Crippen MR) is 200 cm³/mol. The van der Waals surface area contributed by atoms with Gasteiger partial charge in [-0.05, 0) is 54.4 Å². The van der Waals surface area contributed by atoms with Crippen molar-refractivity contribution >= 4 is 29.8 Å². The second-order valence-electron chi connectivity index (χ2n) is 13.1. The van der Waals surface area contributed by atoms with Crippen molar-refractivity contribution in [3.05, 3.63) is 94.5 Å². The second kappa shape index (κ2) is 18.0. The molecule has 2 N–H and O–H groups in total. The van der Waals surface area contributed by atoms with Gasteiger partial charge in [-0.3, -0.25) is 24.0 Å². The maximum absolute atomic E-state index is 11.5. The standard InChI is InChI=1S/C21H20O8.C21H22O7/c1-11(22)27-15-6-4-14(5-7-15)17-10-26-18-8-16(28-12(2)23)9-19(29-13(3)24)20(18)21(17)25;1-11-17(27-12(2)22)8-6-15-20(24)16(10-26-21(11)15)14-5-7-18(28-13(3)23)19(9-14)25-4/h4-9,17,21,25H,10H2,1-3H3;5-9,16,20,24H,10H2,1-4H3. The van der Waals surface area contributed by atoms with Crippen LogP contribution in [0.2, 0.25) is 0 Å². The van der Waals surface area contributed by atoms with Crippen LogP contribution in [0, 0.1) is 6.92 Å². The Bertz CT molecular complexity index is 2180. The van der Waals surface area contributed by atoms with Crippen LogP contribution < -0.4 is 37.9 Å². The molecule has 0 amide bonds. The number of ether oxygens (including phenoxy) is 8. The Morgan fingerprint density at radius 2 is 1.09 bits per heavy atom. The SMILES string of the molecule is CC(=O)Oc1ccc(C2COc3cc(OC(C)=O)cc(OC(C)=O)c3C2O)cc1.COc1cc(C2COc3c(ccc(OC(C)=O)c3C)C2O)ccc1OC(C)=O. The Kier molecular flexibility index (Phi) is 13.2. The number of hydrogen-bond donors (Lipinski definition) is 2. The molecule has 6 rings (SSSR count). The lowest BCUT2D eigenvalue weighted by atomic mass is 9.86. The molecule has 15 nitrogen and oxygen atoms in total. The van der Waals surface area contributed by atoms with Crippen molar-refractivity contribution < 1.29 is 72.1 Å². The van der Waals surface area contributed by atoms with E-state index < -0.39 is 48.0 Å². The molecule has 0 aromatic heterocycles. The summed E-state index contributed by atoms with van der Waals surface area (Å²) in [5.74, 6) is -0.736. The fourth-order valence-electron chi connectivity index (χ4n) is 6.45. The molecule has 4 unspecified atom stereocenters. The van der Waals surface area contributed by atoms with E-state index in [1.807, 2.05) is 0 Å². The van der Waals surface area contributed by atoms with E-state index in [9.17, 15) is 34.2 Å².